The van der Waals surface area contributed by atoms with E-state index in [4.69, 9.17) is 0 Å². The van der Waals surface area contributed by atoms with Gasteiger partial charge in [0.15, 0.2) is 0 Å². The van der Waals surface area contributed by atoms with Crippen LogP contribution in [-0.2, 0) is 63.9 Å². The van der Waals surface area contributed by atoms with Gasteiger partial charge in [-0.2, -0.15) is 0 Å². The Morgan fingerprint density at radius 3 is 0.556 bits per heavy atom. The molecule has 0 aliphatic heterocycles. The van der Waals surface area contributed by atoms with Gasteiger partial charge in [0.1, 0.15) is 0 Å². The smallest absolute Gasteiger partial charge is 2.00 e. The first-order valence-corrected chi connectivity index (χ1v) is 0. The molecule has 0 aromatic rings. The minimum absolute atomic E-state index is 0. The van der Waals surface area contributed by atoms with Gasteiger partial charge in [0.25, 0.3) is 0 Å². The Kier molecular flexibility index (Phi) is 1450. The zero-order chi connectivity index (χ0) is 0. The Hall–Kier alpha value is 3.62. The molecular weight excluding hydrogens is 428 g/mol. The van der Waals surface area contributed by atoms with Crippen LogP contribution in [0.1, 0.15) is 0 Å². The van der Waals surface area contributed by atoms with Crippen molar-refractivity contribution in [1.82, 2.24) is 0 Å². The largest absolute Gasteiger partial charge is 3.00 e. The van der Waals surface area contributed by atoms with E-state index >= 15 is 0 Å². The van der Waals surface area contributed by atoms with Gasteiger partial charge in [0.05, 0.1) is 0 Å². The summed E-state index contributed by atoms with van der Waals surface area (Å²) in [6.45, 7) is 0. The van der Waals surface area contributed by atoms with Crippen molar-refractivity contribution in [3.63, 3.8) is 0 Å². The van der Waals surface area contributed by atoms with Crippen LogP contribution in [0.2, 0.25) is 0 Å². The molecule has 0 aromatic carbocycles. The van der Waals surface area contributed by atoms with Crippen LogP contribution in [0, 0.1) is 35.6 Å². The molecule has 9 heavy (non-hydrogen) atoms. The molecule has 45 valence electrons. The maximum atomic E-state index is 0. The predicted molar refractivity (Wildman–Crippen MR) is 9.19 cm³/mol. The minimum atomic E-state index is 0. The van der Waals surface area contributed by atoms with Gasteiger partial charge in [0.2, 0.25) is 0 Å². The van der Waals surface area contributed by atoms with Crippen LogP contribution in [0.5, 0.6) is 0 Å². The van der Waals surface area contributed by atoms with Gasteiger partial charge >= 0.3 is 118 Å². The quantitative estimate of drug-likeness (QED) is 0.438. The fourth-order valence-electron chi connectivity index (χ4n) is 0. The predicted octanol–water partition coefficient (Wildman–Crippen LogP) is -0.980. The van der Waals surface area contributed by atoms with Crippen LogP contribution in [0.3, 0.4) is 0 Å². The molecule has 0 unspecified atom stereocenters. The normalized spacial score (nSPS) is 0. The Labute approximate surface area is 142 Å². The summed E-state index contributed by atoms with van der Waals surface area (Å²) in [4.78, 5) is 0. The van der Waals surface area contributed by atoms with E-state index in [-0.39, 0.29) is 145 Å². The Morgan fingerprint density at radius 2 is 0.556 bits per heavy atom. The van der Waals surface area contributed by atoms with E-state index in [2.05, 4.69) is 0 Å². The molecule has 0 aliphatic carbocycles. The molecule has 0 saturated carbocycles. The second-order valence-electron chi connectivity index (χ2n) is 0. The van der Waals surface area contributed by atoms with Crippen LogP contribution < -0.4 is 0 Å². The fraction of sp³-hybridized carbons (Fsp3) is 0. The van der Waals surface area contributed by atoms with Gasteiger partial charge in [0, 0.05) is 0 Å². The first-order chi connectivity index (χ1) is 0. The molecular formula is FeLaO5SrZn. The third-order valence-electron chi connectivity index (χ3n) is 0. The van der Waals surface area contributed by atoms with Crippen LogP contribution in [-0.4, -0.2) is 45.5 Å². The maximum Gasteiger partial charge on any atom is 3.00 e. The van der Waals surface area contributed by atoms with Gasteiger partial charge in [-0.05, 0) is 0 Å². The first-order valence-electron chi connectivity index (χ1n) is 0. The van der Waals surface area contributed by atoms with E-state index < -0.39 is 0 Å². The Morgan fingerprint density at radius 1 is 0.556 bits per heavy atom. The number of hydrogen-bond acceptors (Lipinski definition) is 0. The van der Waals surface area contributed by atoms with E-state index in [0.717, 1.165) is 0 Å². The monoisotopic (exact) mass is 427 g/mol. The minimum Gasteiger partial charge on any atom is -2.00 e. The second-order valence-corrected chi connectivity index (χ2v) is 0. The first kappa shape index (κ1) is 130. The molecule has 9 heteroatoms. The van der Waals surface area contributed by atoms with Crippen LogP contribution in [0.15, 0.2) is 0 Å². The van der Waals surface area contributed by atoms with E-state index in [1.54, 1.807) is 0 Å². The molecule has 0 bridgehead atoms. The summed E-state index contributed by atoms with van der Waals surface area (Å²) < 4.78 is 0. The third kappa shape index (κ3) is 82.1. The number of rotatable bonds is 0. The fourth-order valence-corrected chi connectivity index (χ4v) is 0. The van der Waals surface area contributed by atoms with Gasteiger partial charge in [-0.1, -0.05) is 0 Å². The van der Waals surface area contributed by atoms with Crippen molar-refractivity contribution < 1.29 is 99.5 Å². The summed E-state index contributed by atoms with van der Waals surface area (Å²) in [6.07, 6.45) is 0. The van der Waals surface area contributed by atoms with Crippen LogP contribution in [0.4, 0.5) is 0 Å². The van der Waals surface area contributed by atoms with E-state index in [0.29, 0.717) is 0 Å². The van der Waals surface area contributed by atoms with Gasteiger partial charge in [-0.15, -0.1) is 0 Å². The summed E-state index contributed by atoms with van der Waals surface area (Å²) in [5.41, 5.74) is 0. The molecule has 0 rings (SSSR count). The second kappa shape index (κ2) is 100. The molecule has 0 amide bonds. The SMILES string of the molecule is [Fe+3].[La+3].[O-2].[O-2].[O-2].[O-2].[O-2].[Sr+2].[Zn+2]. The Bertz CT molecular complexity index is 16.9. The summed E-state index contributed by atoms with van der Waals surface area (Å²) in [5, 5.41) is 0. The molecule has 0 spiro atoms. The van der Waals surface area contributed by atoms with Crippen LogP contribution >= 0.6 is 0 Å². The average Bonchev–Trinajstić information content (AvgIpc) is 0. The van der Waals surface area contributed by atoms with Crippen molar-refractivity contribution in [1.29, 1.82) is 0 Å². The van der Waals surface area contributed by atoms with Crippen LogP contribution in [0.25, 0.3) is 0 Å². The molecule has 1 radical (unpaired) electrons. The summed E-state index contributed by atoms with van der Waals surface area (Å²) in [5.74, 6) is 0. The Balaban J connectivity index is 0. The standard InChI is InChI=1S/Fe.La.5O.Sr.Zn/q2*+3;5*-2;2*+2. The van der Waals surface area contributed by atoms with Crippen molar-refractivity contribution in [3.8, 4) is 0 Å². The van der Waals surface area contributed by atoms with E-state index in [1.165, 1.54) is 0 Å². The van der Waals surface area contributed by atoms with Crippen molar-refractivity contribution in [2.75, 3.05) is 0 Å². The molecule has 0 aromatic heterocycles. The van der Waals surface area contributed by atoms with Crippen molar-refractivity contribution in [2.24, 2.45) is 0 Å². The molecule has 0 heterocycles. The molecule has 0 fully saturated rings. The molecule has 5 nitrogen and oxygen atoms in total. The summed E-state index contributed by atoms with van der Waals surface area (Å²) >= 11 is 0. The molecule has 0 saturated heterocycles. The topological polar surface area (TPSA) is 142 Å². The average molecular weight is 428 g/mol. The summed E-state index contributed by atoms with van der Waals surface area (Å²) in [7, 11) is 0. The van der Waals surface area contributed by atoms with Crippen molar-refractivity contribution >= 4 is 45.5 Å². The van der Waals surface area contributed by atoms with Gasteiger partial charge < -0.3 is 27.4 Å². The zero-order valence-electron chi connectivity index (χ0n) is 4.39. The summed E-state index contributed by atoms with van der Waals surface area (Å²) in [6, 6.07) is 0. The zero-order valence-corrected chi connectivity index (χ0v) is 15.6. The maximum absolute atomic E-state index is 0. The van der Waals surface area contributed by atoms with Crippen molar-refractivity contribution in [2.45, 2.75) is 0 Å². The van der Waals surface area contributed by atoms with Gasteiger partial charge in [-0.3, -0.25) is 0 Å². The number of hydrogen-bond donors (Lipinski definition) is 0. The molecule has 0 N–H and O–H groups in total. The molecule has 0 atom stereocenters. The van der Waals surface area contributed by atoms with E-state index in [9.17, 15) is 0 Å². The van der Waals surface area contributed by atoms with Gasteiger partial charge in [-0.25, -0.2) is 0 Å². The third-order valence-corrected chi connectivity index (χ3v) is 0. The van der Waals surface area contributed by atoms with Crippen molar-refractivity contribution in [3.05, 3.63) is 0 Å². The van der Waals surface area contributed by atoms with E-state index in [1.807, 2.05) is 0 Å². The molecule has 0 aliphatic rings.